The number of likely N-dealkylation sites (N-methyl/N-ethyl adjacent to an activating group) is 1. The van der Waals surface area contributed by atoms with Crippen molar-refractivity contribution in [1.29, 1.82) is 0 Å². The Morgan fingerprint density at radius 2 is 1.67 bits per heavy atom. The monoisotopic (exact) mass is 298 g/mol. The van der Waals surface area contributed by atoms with Gasteiger partial charge in [-0.05, 0) is 19.9 Å². The van der Waals surface area contributed by atoms with Crippen LogP contribution in [-0.4, -0.2) is 73.1 Å². The zero-order valence-corrected chi connectivity index (χ0v) is 12.5. The average Bonchev–Trinajstić information content (AvgIpc) is 2.29. The molecule has 7 heteroatoms. The highest BCUT2D eigenvalue weighted by Crippen LogP contribution is 2.12. The molecule has 0 spiro atoms. The predicted octanol–water partition coefficient (Wildman–Crippen LogP) is 0.621. The zero-order chi connectivity index (χ0) is 11.5. The summed E-state index contributed by atoms with van der Waals surface area (Å²) in [6.45, 7) is 5.25. The molecule has 0 aliphatic carbocycles. The van der Waals surface area contributed by atoms with Crippen LogP contribution in [0.4, 0.5) is 4.79 Å². The molecule has 2 aliphatic heterocycles. The van der Waals surface area contributed by atoms with E-state index in [1.54, 1.807) is 0 Å². The standard InChI is InChI=1S/C11H22N4O.2ClH/c1-13-5-7-14(8-6-13)11(16)15-4-2-3-10(12)9-15;;/h10H,2-9,12H2,1H3;2*1H/t10-;;/m0../s1. The Balaban J connectivity index is 0.00000144. The summed E-state index contributed by atoms with van der Waals surface area (Å²) in [5.41, 5.74) is 5.89. The average molecular weight is 299 g/mol. The second-order valence-corrected chi connectivity index (χ2v) is 4.92. The highest BCUT2D eigenvalue weighted by atomic mass is 35.5. The maximum absolute atomic E-state index is 12.2. The minimum absolute atomic E-state index is 0. The van der Waals surface area contributed by atoms with E-state index in [1.807, 2.05) is 9.80 Å². The van der Waals surface area contributed by atoms with Gasteiger partial charge in [0.15, 0.2) is 0 Å². The molecule has 2 N–H and O–H groups in total. The molecule has 0 aromatic heterocycles. The summed E-state index contributed by atoms with van der Waals surface area (Å²) < 4.78 is 0. The largest absolute Gasteiger partial charge is 0.326 e. The van der Waals surface area contributed by atoms with Crippen LogP contribution in [0.25, 0.3) is 0 Å². The lowest BCUT2D eigenvalue weighted by molar-refractivity contribution is 0.113. The highest BCUT2D eigenvalue weighted by molar-refractivity contribution is 5.85. The molecule has 2 heterocycles. The molecule has 2 aliphatic rings. The van der Waals surface area contributed by atoms with Crippen LogP contribution in [-0.2, 0) is 0 Å². The van der Waals surface area contributed by atoms with Crippen molar-refractivity contribution in [2.75, 3.05) is 46.3 Å². The molecule has 2 amide bonds. The van der Waals surface area contributed by atoms with Gasteiger partial charge in [0, 0.05) is 45.3 Å². The van der Waals surface area contributed by atoms with E-state index in [2.05, 4.69) is 11.9 Å². The van der Waals surface area contributed by atoms with Gasteiger partial charge in [-0.2, -0.15) is 0 Å². The lowest BCUT2D eigenvalue weighted by Gasteiger charge is -2.38. The van der Waals surface area contributed by atoms with Gasteiger partial charge >= 0.3 is 6.03 Å². The Morgan fingerprint density at radius 3 is 2.22 bits per heavy atom. The SMILES string of the molecule is CN1CCN(C(=O)N2CCC[C@H](N)C2)CC1.Cl.Cl. The molecule has 0 bridgehead atoms. The van der Waals surface area contributed by atoms with E-state index in [-0.39, 0.29) is 36.9 Å². The molecule has 5 nitrogen and oxygen atoms in total. The van der Waals surface area contributed by atoms with Gasteiger partial charge in [-0.3, -0.25) is 0 Å². The molecule has 0 radical (unpaired) electrons. The summed E-state index contributed by atoms with van der Waals surface area (Å²) in [5, 5.41) is 0. The number of halogens is 2. The minimum atomic E-state index is 0. The smallest absolute Gasteiger partial charge is 0.320 e. The minimum Gasteiger partial charge on any atom is -0.326 e. The Labute approximate surface area is 121 Å². The second-order valence-electron chi connectivity index (χ2n) is 4.92. The van der Waals surface area contributed by atoms with Crippen LogP contribution in [0.5, 0.6) is 0 Å². The van der Waals surface area contributed by atoms with E-state index in [4.69, 9.17) is 5.73 Å². The first kappa shape index (κ1) is 17.8. The van der Waals surface area contributed by atoms with Gasteiger partial charge in [0.2, 0.25) is 0 Å². The third-order valence-corrected chi connectivity index (χ3v) is 3.50. The van der Waals surface area contributed by atoms with Crippen molar-refractivity contribution in [3.05, 3.63) is 0 Å². The molecular formula is C11H24Cl2N4O. The van der Waals surface area contributed by atoms with Crippen molar-refractivity contribution in [3.8, 4) is 0 Å². The summed E-state index contributed by atoms with van der Waals surface area (Å²) >= 11 is 0. The first-order chi connectivity index (χ1) is 7.66. The Morgan fingerprint density at radius 1 is 1.06 bits per heavy atom. The van der Waals surface area contributed by atoms with Gasteiger partial charge in [0.1, 0.15) is 0 Å². The summed E-state index contributed by atoms with van der Waals surface area (Å²) in [4.78, 5) is 18.3. The van der Waals surface area contributed by atoms with Crippen molar-refractivity contribution >= 4 is 30.8 Å². The number of nitrogens with two attached hydrogens (primary N) is 1. The predicted molar refractivity (Wildman–Crippen MR) is 77.7 cm³/mol. The number of amides is 2. The quantitative estimate of drug-likeness (QED) is 0.713. The summed E-state index contributed by atoms with van der Waals surface area (Å²) in [6, 6.07) is 0.355. The fraction of sp³-hybridized carbons (Fsp3) is 0.909. The number of hydrogen-bond donors (Lipinski definition) is 1. The van der Waals surface area contributed by atoms with Crippen LogP contribution in [0.2, 0.25) is 0 Å². The fourth-order valence-corrected chi connectivity index (χ4v) is 2.38. The first-order valence-electron chi connectivity index (χ1n) is 6.15. The van der Waals surface area contributed by atoms with Crippen LogP contribution >= 0.6 is 24.8 Å². The van der Waals surface area contributed by atoms with Crippen molar-refractivity contribution in [3.63, 3.8) is 0 Å². The molecular weight excluding hydrogens is 275 g/mol. The number of piperidine rings is 1. The second kappa shape index (κ2) is 8.04. The van der Waals surface area contributed by atoms with Crippen LogP contribution in [0.1, 0.15) is 12.8 Å². The third-order valence-electron chi connectivity index (χ3n) is 3.50. The normalized spacial score (nSPS) is 25.1. The molecule has 18 heavy (non-hydrogen) atoms. The van der Waals surface area contributed by atoms with Crippen molar-refractivity contribution in [2.24, 2.45) is 5.73 Å². The third kappa shape index (κ3) is 4.46. The van der Waals surface area contributed by atoms with Crippen molar-refractivity contribution in [2.45, 2.75) is 18.9 Å². The number of hydrogen-bond acceptors (Lipinski definition) is 3. The van der Waals surface area contributed by atoms with Crippen LogP contribution in [0.3, 0.4) is 0 Å². The summed E-state index contributed by atoms with van der Waals surface area (Å²) in [6.07, 6.45) is 2.09. The number of rotatable bonds is 0. The van der Waals surface area contributed by atoms with E-state index >= 15 is 0 Å². The molecule has 0 unspecified atom stereocenters. The van der Waals surface area contributed by atoms with E-state index in [0.717, 1.165) is 52.1 Å². The lowest BCUT2D eigenvalue weighted by Crippen LogP contribution is -2.55. The zero-order valence-electron chi connectivity index (χ0n) is 10.9. The van der Waals surface area contributed by atoms with Gasteiger partial charge in [-0.15, -0.1) is 24.8 Å². The molecule has 2 rings (SSSR count). The van der Waals surface area contributed by atoms with E-state index < -0.39 is 0 Å². The van der Waals surface area contributed by atoms with E-state index in [1.165, 1.54) is 0 Å². The molecule has 0 aromatic carbocycles. The van der Waals surface area contributed by atoms with Crippen LogP contribution in [0.15, 0.2) is 0 Å². The Kier molecular flexibility index (Phi) is 7.94. The van der Waals surface area contributed by atoms with Crippen molar-refractivity contribution in [1.82, 2.24) is 14.7 Å². The molecule has 108 valence electrons. The van der Waals surface area contributed by atoms with Gasteiger partial charge in [-0.25, -0.2) is 4.79 Å². The lowest BCUT2D eigenvalue weighted by atomic mass is 10.1. The topological polar surface area (TPSA) is 52.8 Å². The van der Waals surface area contributed by atoms with Crippen LogP contribution in [0, 0.1) is 0 Å². The first-order valence-corrected chi connectivity index (χ1v) is 6.15. The number of urea groups is 1. The molecule has 2 saturated heterocycles. The fourth-order valence-electron chi connectivity index (χ4n) is 2.38. The molecule has 0 aromatic rings. The Hall–Kier alpha value is -0.230. The van der Waals surface area contributed by atoms with Gasteiger partial charge < -0.3 is 20.4 Å². The number of carbonyl (C=O) groups is 1. The van der Waals surface area contributed by atoms with E-state index in [0.29, 0.717) is 0 Å². The number of nitrogens with zero attached hydrogens (tertiary/aromatic N) is 3. The molecule has 2 fully saturated rings. The van der Waals surface area contributed by atoms with Gasteiger partial charge in [0.25, 0.3) is 0 Å². The maximum Gasteiger partial charge on any atom is 0.320 e. The number of carbonyl (C=O) groups excluding carboxylic acids is 1. The van der Waals surface area contributed by atoms with Crippen LogP contribution < -0.4 is 5.73 Å². The maximum atomic E-state index is 12.2. The molecule has 1 atom stereocenters. The Bertz CT molecular complexity index is 259. The molecule has 0 saturated carbocycles. The summed E-state index contributed by atoms with van der Waals surface area (Å²) in [5.74, 6) is 0. The van der Waals surface area contributed by atoms with E-state index in [9.17, 15) is 4.79 Å². The summed E-state index contributed by atoms with van der Waals surface area (Å²) in [7, 11) is 2.10. The number of piperazine rings is 1. The highest BCUT2D eigenvalue weighted by Gasteiger charge is 2.27. The van der Waals surface area contributed by atoms with Gasteiger partial charge in [-0.1, -0.05) is 0 Å². The van der Waals surface area contributed by atoms with Gasteiger partial charge in [0.05, 0.1) is 0 Å². The van der Waals surface area contributed by atoms with Crippen molar-refractivity contribution < 1.29 is 4.79 Å². The number of likely N-dealkylation sites (tertiary alicyclic amines) is 1.